The molecule has 0 aliphatic rings. The third kappa shape index (κ3) is 6.94. The summed E-state index contributed by atoms with van der Waals surface area (Å²) in [4.78, 5) is 23.1. The Kier molecular flexibility index (Phi) is 5.61. The zero-order valence-electron chi connectivity index (χ0n) is 11.7. The van der Waals surface area contributed by atoms with Crippen molar-refractivity contribution >= 4 is 11.8 Å². The topological polar surface area (TPSA) is 70.2 Å². The van der Waals surface area contributed by atoms with Crippen LogP contribution in [-0.2, 0) is 9.59 Å². The first-order chi connectivity index (χ1) is 7.58. The first-order valence-corrected chi connectivity index (χ1v) is 5.87. The van der Waals surface area contributed by atoms with Gasteiger partial charge in [0.2, 0.25) is 11.8 Å². The van der Waals surface area contributed by atoms with Crippen molar-refractivity contribution in [1.82, 2.24) is 16.0 Å². The van der Waals surface area contributed by atoms with Gasteiger partial charge in [0.05, 0.1) is 5.54 Å². The lowest BCUT2D eigenvalue weighted by Gasteiger charge is -2.23. The van der Waals surface area contributed by atoms with Crippen LogP contribution < -0.4 is 16.0 Å². The standard InChI is InChI=1S/C12H25N3O2/c1-11(2,3)15-9(16)7-8-14-10(17)12(4,5)13-6/h13H,7-8H2,1-6H3,(H,14,17)(H,15,16). The molecule has 0 aromatic carbocycles. The molecule has 0 saturated carbocycles. The summed E-state index contributed by atoms with van der Waals surface area (Å²) in [7, 11) is 1.73. The molecule has 3 N–H and O–H groups in total. The maximum atomic E-state index is 11.7. The number of hydrogen-bond donors (Lipinski definition) is 3. The fourth-order valence-electron chi connectivity index (χ4n) is 1.10. The van der Waals surface area contributed by atoms with Gasteiger partial charge in [-0.05, 0) is 41.7 Å². The molecule has 0 aromatic rings. The molecule has 0 aliphatic carbocycles. The molecule has 0 unspecified atom stereocenters. The lowest BCUT2D eigenvalue weighted by atomic mass is 10.1. The zero-order chi connectivity index (χ0) is 13.7. The number of hydrogen-bond acceptors (Lipinski definition) is 3. The molecule has 5 nitrogen and oxygen atoms in total. The second-order valence-electron chi connectivity index (χ2n) is 5.68. The predicted molar refractivity (Wildman–Crippen MR) is 68.7 cm³/mol. The molecular weight excluding hydrogens is 218 g/mol. The number of rotatable bonds is 5. The molecular formula is C12H25N3O2. The molecule has 2 amide bonds. The molecule has 100 valence electrons. The zero-order valence-corrected chi connectivity index (χ0v) is 11.7. The van der Waals surface area contributed by atoms with E-state index < -0.39 is 5.54 Å². The first kappa shape index (κ1) is 15.9. The van der Waals surface area contributed by atoms with Crippen molar-refractivity contribution in [2.45, 2.75) is 52.1 Å². The van der Waals surface area contributed by atoms with Crippen molar-refractivity contribution in [2.24, 2.45) is 0 Å². The van der Waals surface area contributed by atoms with Crippen LogP contribution in [0.2, 0.25) is 0 Å². The monoisotopic (exact) mass is 243 g/mol. The highest BCUT2D eigenvalue weighted by Gasteiger charge is 2.24. The summed E-state index contributed by atoms with van der Waals surface area (Å²) in [6.07, 6.45) is 0.294. The fourth-order valence-corrected chi connectivity index (χ4v) is 1.10. The van der Waals surface area contributed by atoms with Gasteiger partial charge in [-0.3, -0.25) is 9.59 Å². The highest BCUT2D eigenvalue weighted by molar-refractivity contribution is 5.86. The van der Waals surface area contributed by atoms with Crippen LogP contribution in [0.1, 0.15) is 41.0 Å². The number of amides is 2. The first-order valence-electron chi connectivity index (χ1n) is 5.87. The van der Waals surface area contributed by atoms with Crippen molar-refractivity contribution < 1.29 is 9.59 Å². The summed E-state index contributed by atoms with van der Waals surface area (Å²) in [6.45, 7) is 9.70. The lowest BCUT2D eigenvalue weighted by Crippen LogP contribution is -2.51. The summed E-state index contributed by atoms with van der Waals surface area (Å²) in [6, 6.07) is 0. The van der Waals surface area contributed by atoms with Crippen molar-refractivity contribution in [3.05, 3.63) is 0 Å². The van der Waals surface area contributed by atoms with Gasteiger partial charge in [-0.1, -0.05) is 0 Å². The SMILES string of the molecule is CNC(C)(C)C(=O)NCCC(=O)NC(C)(C)C. The maximum Gasteiger partial charge on any atom is 0.239 e. The van der Waals surface area contributed by atoms with E-state index in [0.717, 1.165) is 0 Å². The molecule has 0 aliphatic heterocycles. The van der Waals surface area contributed by atoms with Gasteiger partial charge in [-0.15, -0.1) is 0 Å². The van der Waals surface area contributed by atoms with Crippen LogP contribution in [0.3, 0.4) is 0 Å². The molecule has 0 atom stereocenters. The summed E-state index contributed by atoms with van der Waals surface area (Å²) >= 11 is 0. The number of carbonyl (C=O) groups is 2. The fraction of sp³-hybridized carbons (Fsp3) is 0.833. The smallest absolute Gasteiger partial charge is 0.239 e. The highest BCUT2D eigenvalue weighted by Crippen LogP contribution is 2.01. The quantitative estimate of drug-likeness (QED) is 0.655. The van der Waals surface area contributed by atoms with Crippen molar-refractivity contribution in [3.8, 4) is 0 Å². The average Bonchev–Trinajstić information content (AvgIpc) is 2.14. The molecule has 0 bridgehead atoms. The molecule has 0 radical (unpaired) electrons. The van der Waals surface area contributed by atoms with E-state index in [9.17, 15) is 9.59 Å². The Morgan fingerprint density at radius 1 is 1.06 bits per heavy atom. The summed E-state index contributed by atoms with van der Waals surface area (Å²) in [5.74, 6) is -0.163. The second kappa shape index (κ2) is 6.00. The van der Waals surface area contributed by atoms with Crippen LogP contribution in [0.5, 0.6) is 0 Å². The number of likely N-dealkylation sites (N-methyl/N-ethyl adjacent to an activating group) is 1. The van der Waals surface area contributed by atoms with E-state index in [1.807, 2.05) is 20.8 Å². The molecule has 0 heterocycles. The van der Waals surface area contributed by atoms with Crippen LogP contribution in [-0.4, -0.2) is 36.5 Å². The predicted octanol–water partition coefficient (Wildman–Crippen LogP) is 0.405. The van der Waals surface area contributed by atoms with Crippen molar-refractivity contribution in [2.75, 3.05) is 13.6 Å². The van der Waals surface area contributed by atoms with Gasteiger partial charge in [0.15, 0.2) is 0 Å². The Labute approximate surface area is 104 Å². The second-order valence-corrected chi connectivity index (χ2v) is 5.68. The van der Waals surface area contributed by atoms with Crippen LogP contribution >= 0.6 is 0 Å². The van der Waals surface area contributed by atoms with E-state index in [4.69, 9.17) is 0 Å². The van der Waals surface area contributed by atoms with Crippen molar-refractivity contribution in [1.29, 1.82) is 0 Å². The highest BCUT2D eigenvalue weighted by atomic mass is 16.2. The minimum Gasteiger partial charge on any atom is -0.354 e. The normalized spacial score (nSPS) is 12.1. The van der Waals surface area contributed by atoms with Gasteiger partial charge in [-0.25, -0.2) is 0 Å². The summed E-state index contributed by atoms with van der Waals surface area (Å²) in [5.41, 5.74) is -0.841. The Morgan fingerprint density at radius 3 is 2.00 bits per heavy atom. The Morgan fingerprint density at radius 2 is 1.59 bits per heavy atom. The minimum atomic E-state index is -0.611. The molecule has 0 fully saturated rings. The number of carbonyl (C=O) groups excluding carboxylic acids is 2. The van der Waals surface area contributed by atoms with E-state index in [0.29, 0.717) is 13.0 Å². The molecule has 0 rings (SSSR count). The van der Waals surface area contributed by atoms with Gasteiger partial charge in [0.25, 0.3) is 0 Å². The van der Waals surface area contributed by atoms with E-state index in [2.05, 4.69) is 16.0 Å². The number of nitrogens with one attached hydrogen (secondary N) is 3. The van der Waals surface area contributed by atoms with Crippen LogP contribution in [0.4, 0.5) is 0 Å². The third-order valence-electron chi connectivity index (χ3n) is 2.34. The molecule has 0 aromatic heterocycles. The Bertz CT molecular complexity index is 280. The largest absolute Gasteiger partial charge is 0.354 e. The van der Waals surface area contributed by atoms with Crippen molar-refractivity contribution in [3.63, 3.8) is 0 Å². The van der Waals surface area contributed by atoms with E-state index in [1.54, 1.807) is 20.9 Å². The van der Waals surface area contributed by atoms with Crippen LogP contribution in [0.15, 0.2) is 0 Å². The van der Waals surface area contributed by atoms with E-state index in [-0.39, 0.29) is 17.4 Å². The van der Waals surface area contributed by atoms with Crippen LogP contribution in [0, 0.1) is 0 Å². The molecule has 0 saturated heterocycles. The maximum absolute atomic E-state index is 11.7. The third-order valence-corrected chi connectivity index (χ3v) is 2.34. The van der Waals surface area contributed by atoms with E-state index in [1.165, 1.54) is 0 Å². The average molecular weight is 243 g/mol. The van der Waals surface area contributed by atoms with Gasteiger partial charge in [0, 0.05) is 18.5 Å². The molecule has 0 spiro atoms. The summed E-state index contributed by atoms with van der Waals surface area (Å²) in [5, 5.41) is 8.47. The van der Waals surface area contributed by atoms with Crippen LogP contribution in [0.25, 0.3) is 0 Å². The minimum absolute atomic E-state index is 0.0555. The Hall–Kier alpha value is -1.10. The molecule has 5 heteroatoms. The van der Waals surface area contributed by atoms with E-state index >= 15 is 0 Å². The van der Waals surface area contributed by atoms with Gasteiger partial charge in [0.1, 0.15) is 0 Å². The van der Waals surface area contributed by atoms with Gasteiger partial charge < -0.3 is 16.0 Å². The Balaban J connectivity index is 3.93. The summed E-state index contributed by atoms with van der Waals surface area (Å²) < 4.78 is 0. The molecule has 17 heavy (non-hydrogen) atoms. The van der Waals surface area contributed by atoms with Gasteiger partial charge >= 0.3 is 0 Å². The van der Waals surface area contributed by atoms with Gasteiger partial charge in [-0.2, -0.15) is 0 Å². The lowest BCUT2D eigenvalue weighted by molar-refractivity contribution is -0.126.